The summed E-state index contributed by atoms with van der Waals surface area (Å²) in [6, 6.07) is 7.48. The van der Waals surface area contributed by atoms with Crippen LogP contribution in [-0.4, -0.2) is 25.2 Å². The lowest BCUT2D eigenvalue weighted by molar-refractivity contribution is -0.134. The zero-order chi connectivity index (χ0) is 12.9. The van der Waals surface area contributed by atoms with Gasteiger partial charge in [-0.2, -0.15) is 0 Å². The summed E-state index contributed by atoms with van der Waals surface area (Å²) < 4.78 is 24.7. The highest BCUT2D eigenvalue weighted by molar-refractivity contribution is 7.90. The average Bonchev–Trinajstić information content (AvgIpc) is 2.25. The predicted octanol–water partition coefficient (Wildman–Crippen LogP) is 0.753. The number of nitrogens with one attached hydrogen (secondary N) is 1. The standard InChI is InChI=1S/C11H15NO4S/c1-2-9-3-5-10(6-4-9)7-12-17(15,16)8-11(13)14/h3-6,12H,2,7-8H2,1H3,(H,13,14). The molecule has 0 bridgehead atoms. The maximum Gasteiger partial charge on any atom is 0.320 e. The van der Waals surface area contributed by atoms with Gasteiger partial charge in [0.2, 0.25) is 10.0 Å². The van der Waals surface area contributed by atoms with E-state index in [1.165, 1.54) is 5.56 Å². The molecule has 0 saturated heterocycles. The summed E-state index contributed by atoms with van der Waals surface area (Å²) >= 11 is 0. The molecule has 1 aromatic rings. The highest BCUT2D eigenvalue weighted by atomic mass is 32.2. The zero-order valence-corrected chi connectivity index (χ0v) is 10.3. The van der Waals surface area contributed by atoms with Gasteiger partial charge in [0.1, 0.15) is 0 Å². The van der Waals surface area contributed by atoms with Gasteiger partial charge in [0, 0.05) is 6.54 Å². The third-order valence-electron chi connectivity index (χ3n) is 2.24. The van der Waals surface area contributed by atoms with Gasteiger partial charge >= 0.3 is 5.97 Å². The van der Waals surface area contributed by atoms with Crippen LogP contribution in [0.5, 0.6) is 0 Å². The summed E-state index contributed by atoms with van der Waals surface area (Å²) in [5, 5.41) is 8.40. The molecule has 0 spiro atoms. The summed E-state index contributed by atoms with van der Waals surface area (Å²) in [6.07, 6.45) is 0.922. The van der Waals surface area contributed by atoms with Gasteiger partial charge in [-0.15, -0.1) is 0 Å². The zero-order valence-electron chi connectivity index (χ0n) is 9.51. The Morgan fingerprint density at radius 1 is 1.24 bits per heavy atom. The first-order valence-electron chi connectivity index (χ1n) is 5.20. The molecule has 17 heavy (non-hydrogen) atoms. The maximum atomic E-state index is 11.2. The first-order valence-corrected chi connectivity index (χ1v) is 6.85. The molecular weight excluding hydrogens is 242 g/mol. The van der Waals surface area contributed by atoms with Crippen molar-refractivity contribution in [3.63, 3.8) is 0 Å². The minimum absolute atomic E-state index is 0.111. The van der Waals surface area contributed by atoms with Crippen LogP contribution in [0.4, 0.5) is 0 Å². The Bertz CT molecular complexity index is 479. The molecule has 2 N–H and O–H groups in total. The van der Waals surface area contributed by atoms with Crippen molar-refractivity contribution in [3.8, 4) is 0 Å². The van der Waals surface area contributed by atoms with E-state index in [9.17, 15) is 13.2 Å². The number of carboxylic acids is 1. The van der Waals surface area contributed by atoms with Crippen molar-refractivity contribution in [1.82, 2.24) is 4.72 Å². The predicted molar refractivity (Wildman–Crippen MR) is 64.1 cm³/mol. The van der Waals surface area contributed by atoms with E-state index in [0.717, 1.165) is 12.0 Å². The monoisotopic (exact) mass is 257 g/mol. The van der Waals surface area contributed by atoms with Crippen molar-refractivity contribution < 1.29 is 18.3 Å². The Balaban J connectivity index is 2.58. The Kier molecular flexibility index (Phi) is 4.65. The molecular formula is C11H15NO4S. The Morgan fingerprint density at radius 3 is 2.24 bits per heavy atom. The molecule has 0 unspecified atom stereocenters. The van der Waals surface area contributed by atoms with Crippen molar-refractivity contribution in [3.05, 3.63) is 35.4 Å². The van der Waals surface area contributed by atoms with Crippen LogP contribution < -0.4 is 4.72 Å². The van der Waals surface area contributed by atoms with Gasteiger partial charge in [-0.3, -0.25) is 4.79 Å². The molecule has 94 valence electrons. The SMILES string of the molecule is CCc1ccc(CNS(=O)(=O)CC(=O)O)cc1. The van der Waals surface area contributed by atoms with Gasteiger partial charge in [0.05, 0.1) is 0 Å². The van der Waals surface area contributed by atoms with Gasteiger partial charge in [-0.25, -0.2) is 13.1 Å². The van der Waals surface area contributed by atoms with E-state index in [1.807, 2.05) is 31.2 Å². The fraction of sp³-hybridized carbons (Fsp3) is 0.364. The van der Waals surface area contributed by atoms with Crippen molar-refractivity contribution >= 4 is 16.0 Å². The first kappa shape index (κ1) is 13.7. The van der Waals surface area contributed by atoms with E-state index in [1.54, 1.807) is 0 Å². The second-order valence-electron chi connectivity index (χ2n) is 3.64. The molecule has 0 aromatic heterocycles. The lowest BCUT2D eigenvalue weighted by atomic mass is 10.1. The molecule has 1 aromatic carbocycles. The molecule has 6 heteroatoms. The molecule has 0 saturated carbocycles. The van der Waals surface area contributed by atoms with Crippen LogP contribution in [-0.2, 0) is 27.8 Å². The van der Waals surface area contributed by atoms with Gasteiger partial charge in [0.15, 0.2) is 5.75 Å². The molecule has 0 fully saturated rings. The van der Waals surface area contributed by atoms with E-state index in [2.05, 4.69) is 4.72 Å². The molecule has 0 aliphatic carbocycles. The molecule has 0 aliphatic rings. The van der Waals surface area contributed by atoms with E-state index in [0.29, 0.717) is 0 Å². The fourth-order valence-electron chi connectivity index (χ4n) is 1.30. The fourth-order valence-corrected chi connectivity index (χ4v) is 2.11. The number of carboxylic acid groups (broad SMARTS) is 1. The van der Waals surface area contributed by atoms with Crippen LogP contribution in [0.3, 0.4) is 0 Å². The van der Waals surface area contributed by atoms with Crippen LogP contribution in [0.15, 0.2) is 24.3 Å². The third-order valence-corrected chi connectivity index (χ3v) is 3.45. The summed E-state index contributed by atoms with van der Waals surface area (Å²) in [5.41, 5.74) is 1.97. The van der Waals surface area contributed by atoms with Gasteiger partial charge in [-0.05, 0) is 17.5 Å². The van der Waals surface area contributed by atoms with Crippen molar-refractivity contribution in [2.75, 3.05) is 5.75 Å². The second-order valence-corrected chi connectivity index (χ2v) is 5.45. The average molecular weight is 257 g/mol. The highest BCUT2D eigenvalue weighted by Crippen LogP contribution is 2.05. The summed E-state index contributed by atoms with van der Waals surface area (Å²) in [5.74, 6) is -2.26. The lowest BCUT2D eigenvalue weighted by Crippen LogP contribution is -2.29. The quantitative estimate of drug-likeness (QED) is 0.787. The summed E-state index contributed by atoms with van der Waals surface area (Å²) in [4.78, 5) is 10.3. The molecule has 0 heterocycles. The van der Waals surface area contributed by atoms with Crippen molar-refractivity contribution in [2.45, 2.75) is 19.9 Å². The van der Waals surface area contributed by atoms with E-state index in [-0.39, 0.29) is 6.54 Å². The first-order chi connectivity index (χ1) is 7.93. The molecule has 0 radical (unpaired) electrons. The number of aryl methyl sites for hydroxylation is 1. The maximum absolute atomic E-state index is 11.2. The number of hydrogen-bond acceptors (Lipinski definition) is 3. The van der Waals surface area contributed by atoms with Crippen molar-refractivity contribution in [1.29, 1.82) is 0 Å². The molecule has 0 atom stereocenters. The topological polar surface area (TPSA) is 83.5 Å². The molecule has 5 nitrogen and oxygen atoms in total. The summed E-state index contributed by atoms with van der Waals surface area (Å²) in [6.45, 7) is 2.14. The Morgan fingerprint density at radius 2 is 1.76 bits per heavy atom. The number of rotatable bonds is 6. The van der Waals surface area contributed by atoms with Crippen LogP contribution >= 0.6 is 0 Å². The third kappa shape index (κ3) is 4.97. The highest BCUT2D eigenvalue weighted by Gasteiger charge is 2.14. The minimum atomic E-state index is -3.74. The van der Waals surface area contributed by atoms with Crippen molar-refractivity contribution in [2.24, 2.45) is 0 Å². The van der Waals surface area contributed by atoms with Crippen LogP contribution in [0.1, 0.15) is 18.1 Å². The largest absolute Gasteiger partial charge is 0.480 e. The Hall–Kier alpha value is -1.40. The number of aliphatic carboxylic acids is 1. The molecule has 1 rings (SSSR count). The summed E-state index contributed by atoms with van der Waals surface area (Å²) in [7, 11) is -3.74. The van der Waals surface area contributed by atoms with E-state index in [4.69, 9.17) is 5.11 Å². The van der Waals surface area contributed by atoms with Crippen LogP contribution in [0, 0.1) is 0 Å². The van der Waals surface area contributed by atoms with E-state index < -0.39 is 21.7 Å². The van der Waals surface area contributed by atoms with Crippen LogP contribution in [0.2, 0.25) is 0 Å². The number of carbonyl (C=O) groups is 1. The van der Waals surface area contributed by atoms with Gasteiger partial charge < -0.3 is 5.11 Å². The second kappa shape index (κ2) is 5.79. The molecule has 0 aliphatic heterocycles. The Labute approximate surface area is 101 Å². The van der Waals surface area contributed by atoms with Gasteiger partial charge in [0.25, 0.3) is 0 Å². The smallest absolute Gasteiger partial charge is 0.320 e. The number of hydrogen-bond donors (Lipinski definition) is 2. The van der Waals surface area contributed by atoms with Gasteiger partial charge in [-0.1, -0.05) is 31.2 Å². The lowest BCUT2D eigenvalue weighted by Gasteiger charge is -2.05. The van der Waals surface area contributed by atoms with Crippen LogP contribution in [0.25, 0.3) is 0 Å². The number of benzene rings is 1. The number of sulfonamides is 1. The van der Waals surface area contributed by atoms with E-state index >= 15 is 0 Å². The molecule has 0 amide bonds. The normalized spacial score (nSPS) is 11.4. The minimum Gasteiger partial charge on any atom is -0.480 e.